The van der Waals surface area contributed by atoms with Crippen LogP contribution < -0.4 is 14.8 Å². The Bertz CT molecular complexity index is 853. The quantitative estimate of drug-likeness (QED) is 0.593. The summed E-state index contributed by atoms with van der Waals surface area (Å²) in [7, 11) is 1.33. The van der Waals surface area contributed by atoms with Crippen molar-refractivity contribution in [2.24, 2.45) is 0 Å². The van der Waals surface area contributed by atoms with Crippen LogP contribution in [0.4, 0.5) is 14.5 Å². The lowest BCUT2D eigenvalue weighted by Crippen LogP contribution is -2.09. The number of alkyl halides is 2. The Kier molecular flexibility index (Phi) is 7.80. The van der Waals surface area contributed by atoms with Gasteiger partial charge in [-0.25, -0.2) is 0 Å². The summed E-state index contributed by atoms with van der Waals surface area (Å²) in [6.07, 6.45) is 4.84. The number of aryl methyl sites for hydroxylation is 2. The number of hydrogen-bond acceptors (Lipinski definition) is 4. The third-order valence-electron chi connectivity index (χ3n) is 3.88. The highest BCUT2D eigenvalue weighted by molar-refractivity contribution is 6.31. The maximum Gasteiger partial charge on any atom is 0.387 e. The predicted octanol–water partition coefficient (Wildman–Crippen LogP) is 4.91. The van der Waals surface area contributed by atoms with Crippen molar-refractivity contribution in [3.8, 4) is 11.5 Å². The van der Waals surface area contributed by atoms with Crippen LogP contribution in [0.5, 0.6) is 11.5 Å². The van der Waals surface area contributed by atoms with Gasteiger partial charge in [0.1, 0.15) is 5.15 Å². The third kappa shape index (κ3) is 5.69. The van der Waals surface area contributed by atoms with E-state index in [9.17, 15) is 13.6 Å². The smallest absolute Gasteiger partial charge is 0.387 e. The van der Waals surface area contributed by atoms with Gasteiger partial charge in [0, 0.05) is 29.9 Å². The van der Waals surface area contributed by atoms with E-state index in [0.717, 1.165) is 12.8 Å². The highest BCUT2D eigenvalue weighted by atomic mass is 35.5. The second kappa shape index (κ2) is 10.1. The largest absolute Gasteiger partial charge is 0.493 e. The van der Waals surface area contributed by atoms with Crippen molar-refractivity contribution in [1.82, 2.24) is 9.78 Å². The molecule has 0 aliphatic rings. The first kappa shape index (κ1) is 21.7. The molecular weight excluding hydrogens is 392 g/mol. The highest BCUT2D eigenvalue weighted by Gasteiger charge is 2.13. The van der Waals surface area contributed by atoms with Gasteiger partial charge in [0.05, 0.1) is 12.8 Å². The Morgan fingerprint density at radius 3 is 2.79 bits per heavy atom. The molecule has 0 spiro atoms. The molecule has 2 aromatic rings. The first-order valence-corrected chi connectivity index (χ1v) is 9.08. The van der Waals surface area contributed by atoms with Crippen LogP contribution in [0.1, 0.15) is 31.0 Å². The number of carbonyl (C=O) groups is 1. The van der Waals surface area contributed by atoms with E-state index in [0.29, 0.717) is 23.0 Å². The number of unbranched alkanes of at least 4 members (excludes halogenated alkanes) is 1. The lowest BCUT2D eigenvalue weighted by Gasteiger charge is -2.11. The summed E-state index contributed by atoms with van der Waals surface area (Å²) in [5.41, 5.74) is 1.65. The van der Waals surface area contributed by atoms with Crippen molar-refractivity contribution in [3.63, 3.8) is 0 Å². The Labute approximate surface area is 167 Å². The molecule has 0 atom stereocenters. The zero-order chi connectivity index (χ0) is 20.7. The molecule has 1 aromatic heterocycles. The maximum absolute atomic E-state index is 12.5. The molecule has 0 unspecified atom stereocenters. The monoisotopic (exact) mass is 413 g/mol. The second-order valence-corrected chi connectivity index (χ2v) is 6.29. The van der Waals surface area contributed by atoms with Crippen LogP contribution in [0.25, 0.3) is 6.08 Å². The van der Waals surface area contributed by atoms with E-state index in [4.69, 9.17) is 16.3 Å². The summed E-state index contributed by atoms with van der Waals surface area (Å²) in [4.78, 5) is 12.2. The Morgan fingerprint density at radius 2 is 2.14 bits per heavy atom. The molecular formula is C19H22ClF2N3O3. The summed E-state index contributed by atoms with van der Waals surface area (Å²) in [5.74, 6) is -0.490. The molecule has 0 fully saturated rings. The fourth-order valence-electron chi connectivity index (χ4n) is 2.50. The molecule has 1 amide bonds. The predicted molar refractivity (Wildman–Crippen MR) is 104 cm³/mol. The molecule has 9 heteroatoms. The summed E-state index contributed by atoms with van der Waals surface area (Å²) in [6.45, 7) is 1.58. The van der Waals surface area contributed by atoms with Gasteiger partial charge < -0.3 is 14.8 Å². The number of anilines is 1. The molecule has 28 heavy (non-hydrogen) atoms. The van der Waals surface area contributed by atoms with E-state index in [1.54, 1.807) is 10.8 Å². The lowest BCUT2D eigenvalue weighted by molar-refractivity contribution is -0.111. The molecule has 1 heterocycles. The highest BCUT2D eigenvalue weighted by Crippen LogP contribution is 2.31. The fraction of sp³-hybridized carbons (Fsp3) is 0.368. The Hall–Kier alpha value is -2.61. The summed E-state index contributed by atoms with van der Waals surface area (Å²) in [6, 6.07) is 4.21. The number of hydrogen-bond donors (Lipinski definition) is 1. The van der Waals surface area contributed by atoms with Gasteiger partial charge in [-0.05, 0) is 31.6 Å². The number of nitrogens with zero attached hydrogens (tertiary/aromatic N) is 2. The van der Waals surface area contributed by atoms with Crippen molar-refractivity contribution in [3.05, 3.63) is 40.7 Å². The molecule has 0 radical (unpaired) electrons. The van der Waals surface area contributed by atoms with Gasteiger partial charge in [0.15, 0.2) is 11.5 Å². The molecule has 1 N–H and O–H groups in total. The number of rotatable bonds is 9. The van der Waals surface area contributed by atoms with Gasteiger partial charge >= 0.3 is 6.61 Å². The van der Waals surface area contributed by atoms with E-state index in [-0.39, 0.29) is 17.2 Å². The summed E-state index contributed by atoms with van der Waals surface area (Å²) >= 11 is 6.33. The molecule has 2 rings (SSSR count). The molecule has 0 saturated carbocycles. The van der Waals surface area contributed by atoms with Crippen LogP contribution in [0.3, 0.4) is 0 Å². The number of nitrogens with one attached hydrogen (secondary N) is 1. The third-order valence-corrected chi connectivity index (χ3v) is 4.28. The number of amides is 1. The van der Waals surface area contributed by atoms with Crippen LogP contribution in [0.2, 0.25) is 5.15 Å². The molecule has 0 aliphatic heterocycles. The van der Waals surface area contributed by atoms with Crippen molar-refractivity contribution in [2.45, 2.75) is 39.8 Å². The van der Waals surface area contributed by atoms with Gasteiger partial charge in [0.25, 0.3) is 0 Å². The number of benzene rings is 1. The number of carbonyl (C=O) groups excluding carboxylic acids is 1. The summed E-state index contributed by atoms with van der Waals surface area (Å²) < 4.78 is 36.1. The van der Waals surface area contributed by atoms with Crippen molar-refractivity contribution < 1.29 is 23.0 Å². The van der Waals surface area contributed by atoms with Crippen LogP contribution in [-0.4, -0.2) is 29.4 Å². The topological polar surface area (TPSA) is 65.4 Å². The zero-order valence-corrected chi connectivity index (χ0v) is 16.6. The molecule has 0 saturated heterocycles. The van der Waals surface area contributed by atoms with E-state index >= 15 is 0 Å². The van der Waals surface area contributed by atoms with Gasteiger partial charge in [-0.1, -0.05) is 24.9 Å². The molecule has 0 bridgehead atoms. The summed E-state index contributed by atoms with van der Waals surface area (Å²) in [5, 5.41) is 7.41. The molecule has 1 aromatic carbocycles. The molecule has 6 nitrogen and oxygen atoms in total. The minimum Gasteiger partial charge on any atom is -0.493 e. The first-order valence-electron chi connectivity index (χ1n) is 8.70. The lowest BCUT2D eigenvalue weighted by atomic mass is 10.2. The van der Waals surface area contributed by atoms with Crippen LogP contribution in [-0.2, 0) is 11.3 Å². The van der Waals surface area contributed by atoms with E-state index in [1.807, 2.05) is 6.92 Å². The number of ether oxygens (including phenoxy) is 2. The minimum absolute atomic E-state index is 0.135. The van der Waals surface area contributed by atoms with E-state index in [2.05, 4.69) is 22.1 Å². The number of methoxy groups -OCH3 is 1. The van der Waals surface area contributed by atoms with Crippen molar-refractivity contribution >= 4 is 29.3 Å². The minimum atomic E-state index is -3.01. The van der Waals surface area contributed by atoms with Gasteiger partial charge in [-0.3, -0.25) is 9.48 Å². The molecule has 152 valence electrons. The Balaban J connectivity index is 2.11. The van der Waals surface area contributed by atoms with Crippen molar-refractivity contribution in [2.75, 3.05) is 12.4 Å². The van der Waals surface area contributed by atoms with Crippen LogP contribution >= 0.6 is 11.6 Å². The standard InChI is InChI=1S/C19H22ClF2N3O3/c1-4-5-10-25-18(20)14(12(2)24-25)7-9-17(26)23-13-6-8-15(27-3)16(11-13)28-19(21)22/h6-9,11,19H,4-5,10H2,1-3H3,(H,23,26)/b9-7+. The second-order valence-electron chi connectivity index (χ2n) is 5.93. The van der Waals surface area contributed by atoms with E-state index in [1.165, 1.54) is 31.4 Å². The normalized spacial score (nSPS) is 11.2. The van der Waals surface area contributed by atoms with Crippen LogP contribution in [0.15, 0.2) is 24.3 Å². The SMILES string of the molecule is CCCCn1nc(C)c(/C=C/C(=O)Nc2ccc(OC)c(OC(F)F)c2)c1Cl. The zero-order valence-electron chi connectivity index (χ0n) is 15.8. The van der Waals surface area contributed by atoms with Crippen LogP contribution in [0, 0.1) is 6.92 Å². The Morgan fingerprint density at radius 1 is 1.39 bits per heavy atom. The van der Waals surface area contributed by atoms with Gasteiger partial charge in [-0.2, -0.15) is 13.9 Å². The fourth-order valence-corrected chi connectivity index (χ4v) is 2.82. The first-order chi connectivity index (χ1) is 13.3. The number of halogens is 3. The average Bonchev–Trinajstić information content (AvgIpc) is 2.91. The van der Waals surface area contributed by atoms with Gasteiger partial charge in [-0.15, -0.1) is 0 Å². The number of aromatic nitrogens is 2. The average molecular weight is 414 g/mol. The van der Waals surface area contributed by atoms with E-state index < -0.39 is 12.5 Å². The maximum atomic E-state index is 12.5. The molecule has 0 aliphatic carbocycles. The van der Waals surface area contributed by atoms with Gasteiger partial charge in [0.2, 0.25) is 5.91 Å². The van der Waals surface area contributed by atoms with Crippen molar-refractivity contribution in [1.29, 1.82) is 0 Å².